The predicted molar refractivity (Wildman–Crippen MR) is 95.5 cm³/mol. The minimum absolute atomic E-state index is 0.156. The summed E-state index contributed by atoms with van der Waals surface area (Å²) >= 11 is 0. The monoisotopic (exact) mass is 350 g/mol. The van der Waals surface area contributed by atoms with Gasteiger partial charge in [0.15, 0.2) is 0 Å². The number of carbonyl (C=O) groups is 1. The fourth-order valence-electron chi connectivity index (χ4n) is 4.17. The van der Waals surface area contributed by atoms with Gasteiger partial charge >= 0.3 is 0 Å². The van der Waals surface area contributed by atoms with Gasteiger partial charge in [-0.25, -0.2) is 8.42 Å². The molecule has 3 rings (SSSR count). The van der Waals surface area contributed by atoms with Gasteiger partial charge in [-0.3, -0.25) is 9.10 Å². The Morgan fingerprint density at radius 2 is 2.00 bits per heavy atom. The van der Waals surface area contributed by atoms with Crippen molar-refractivity contribution in [3.63, 3.8) is 0 Å². The molecule has 2 saturated carbocycles. The third kappa shape index (κ3) is 3.58. The Bertz CT molecular complexity index is 745. The molecule has 1 aromatic rings. The van der Waals surface area contributed by atoms with Crippen molar-refractivity contribution in [2.75, 3.05) is 17.1 Å². The predicted octanol–water partition coefficient (Wildman–Crippen LogP) is 2.37. The first-order valence-corrected chi connectivity index (χ1v) is 10.4. The molecule has 0 radical (unpaired) electrons. The van der Waals surface area contributed by atoms with E-state index in [1.165, 1.54) is 23.6 Å². The van der Waals surface area contributed by atoms with Crippen LogP contribution in [0.1, 0.15) is 36.8 Å². The third-order valence-corrected chi connectivity index (χ3v) is 6.53. The molecule has 1 aromatic carbocycles. The molecular weight excluding hydrogens is 324 g/mol. The number of nitrogens with zero attached hydrogens (tertiary/aromatic N) is 1. The molecule has 0 aromatic heterocycles. The summed E-state index contributed by atoms with van der Waals surface area (Å²) in [4.78, 5) is 12.5. The molecule has 2 aliphatic rings. The molecule has 5 nitrogen and oxygen atoms in total. The van der Waals surface area contributed by atoms with Crippen LogP contribution >= 0.6 is 0 Å². The smallest absolute Gasteiger partial charge is 0.241 e. The zero-order valence-electron chi connectivity index (χ0n) is 14.6. The van der Waals surface area contributed by atoms with Gasteiger partial charge in [-0.05, 0) is 62.1 Å². The number of fused-ring (bicyclic) bond motifs is 2. The molecule has 0 saturated heterocycles. The van der Waals surface area contributed by atoms with E-state index in [-0.39, 0.29) is 18.5 Å². The van der Waals surface area contributed by atoms with Crippen molar-refractivity contribution in [1.29, 1.82) is 0 Å². The van der Waals surface area contributed by atoms with E-state index in [4.69, 9.17) is 0 Å². The first-order valence-electron chi connectivity index (χ1n) is 8.58. The van der Waals surface area contributed by atoms with Crippen molar-refractivity contribution in [2.24, 2.45) is 11.8 Å². The number of benzene rings is 1. The summed E-state index contributed by atoms with van der Waals surface area (Å²) in [5.74, 6) is 1.11. The highest BCUT2D eigenvalue weighted by Gasteiger charge is 2.40. The van der Waals surface area contributed by atoms with Gasteiger partial charge in [-0.15, -0.1) is 0 Å². The molecule has 0 aliphatic heterocycles. The van der Waals surface area contributed by atoms with Gasteiger partial charge in [0, 0.05) is 6.04 Å². The lowest BCUT2D eigenvalue weighted by Crippen LogP contribution is -2.45. The van der Waals surface area contributed by atoms with Crippen molar-refractivity contribution in [2.45, 2.75) is 45.6 Å². The Labute approximate surface area is 144 Å². The zero-order chi connectivity index (χ0) is 17.5. The van der Waals surface area contributed by atoms with E-state index in [9.17, 15) is 13.2 Å². The van der Waals surface area contributed by atoms with Crippen LogP contribution in [0, 0.1) is 25.7 Å². The highest BCUT2D eigenvalue weighted by Crippen LogP contribution is 2.44. The number of rotatable bonds is 5. The van der Waals surface area contributed by atoms with Crippen LogP contribution in [-0.2, 0) is 14.8 Å². The van der Waals surface area contributed by atoms with Crippen LogP contribution in [0.15, 0.2) is 18.2 Å². The summed E-state index contributed by atoms with van der Waals surface area (Å²) in [5.41, 5.74) is 2.40. The lowest BCUT2D eigenvalue weighted by Gasteiger charge is -2.27. The lowest BCUT2D eigenvalue weighted by molar-refractivity contribution is -0.120. The first kappa shape index (κ1) is 17.3. The molecule has 1 amide bonds. The number of aryl methyl sites for hydroxylation is 2. The molecule has 132 valence electrons. The summed E-state index contributed by atoms with van der Waals surface area (Å²) in [5, 5.41) is 3.07. The summed E-state index contributed by atoms with van der Waals surface area (Å²) in [6, 6.07) is 5.86. The van der Waals surface area contributed by atoms with Crippen LogP contribution in [0.5, 0.6) is 0 Å². The second kappa shape index (κ2) is 6.39. The number of hydrogen-bond acceptors (Lipinski definition) is 3. The van der Waals surface area contributed by atoms with Gasteiger partial charge in [0.2, 0.25) is 15.9 Å². The van der Waals surface area contributed by atoms with E-state index in [1.54, 1.807) is 0 Å². The molecule has 0 unspecified atom stereocenters. The molecule has 0 spiro atoms. The van der Waals surface area contributed by atoms with Gasteiger partial charge in [0.05, 0.1) is 11.9 Å². The molecule has 24 heavy (non-hydrogen) atoms. The van der Waals surface area contributed by atoms with Crippen LogP contribution < -0.4 is 9.62 Å². The number of sulfonamides is 1. The number of anilines is 1. The van der Waals surface area contributed by atoms with Crippen LogP contribution in [0.25, 0.3) is 0 Å². The second-order valence-electron chi connectivity index (χ2n) is 7.41. The standard InChI is InChI=1S/C18H26N2O3S/c1-12-4-5-13(2)17(8-12)20(24(3,22)23)11-18(21)19-16-10-14-6-7-15(16)9-14/h4-5,8,14-16H,6-7,9-11H2,1-3H3,(H,19,21)/t14-,15-,16-/m1/s1. The average molecular weight is 350 g/mol. The first-order chi connectivity index (χ1) is 11.2. The summed E-state index contributed by atoms with van der Waals surface area (Å²) in [6.45, 7) is 3.62. The van der Waals surface area contributed by atoms with Crippen molar-refractivity contribution in [3.05, 3.63) is 29.3 Å². The zero-order valence-corrected chi connectivity index (χ0v) is 15.4. The molecule has 2 bridgehead atoms. The van der Waals surface area contributed by atoms with Gasteiger partial charge in [-0.2, -0.15) is 0 Å². The van der Waals surface area contributed by atoms with E-state index in [1.807, 2.05) is 32.0 Å². The lowest BCUT2D eigenvalue weighted by atomic mass is 9.95. The number of nitrogens with one attached hydrogen (secondary N) is 1. The SMILES string of the molecule is Cc1ccc(C)c(N(CC(=O)N[C@@H]2C[C@@H]3CC[C@@H]2C3)S(C)(=O)=O)c1. The topological polar surface area (TPSA) is 66.5 Å². The number of carbonyl (C=O) groups excluding carboxylic acids is 1. The summed E-state index contributed by atoms with van der Waals surface area (Å²) in [7, 11) is -3.52. The molecule has 1 N–H and O–H groups in total. The molecular formula is C18H26N2O3S. The quantitative estimate of drug-likeness (QED) is 0.886. The molecule has 2 fully saturated rings. The van der Waals surface area contributed by atoms with Crippen LogP contribution in [-0.4, -0.2) is 33.2 Å². The Morgan fingerprint density at radius 3 is 2.58 bits per heavy atom. The molecule has 3 atom stereocenters. The van der Waals surface area contributed by atoms with Crippen LogP contribution in [0.2, 0.25) is 0 Å². The van der Waals surface area contributed by atoms with Gasteiger partial charge in [0.25, 0.3) is 0 Å². The minimum atomic E-state index is -3.52. The maximum Gasteiger partial charge on any atom is 0.241 e. The van der Waals surface area contributed by atoms with Crippen LogP contribution in [0.3, 0.4) is 0 Å². The Hall–Kier alpha value is -1.56. The molecule has 6 heteroatoms. The van der Waals surface area contributed by atoms with Crippen molar-refractivity contribution in [1.82, 2.24) is 5.32 Å². The van der Waals surface area contributed by atoms with E-state index in [2.05, 4.69) is 5.32 Å². The highest BCUT2D eigenvalue weighted by atomic mass is 32.2. The molecule has 0 heterocycles. The van der Waals surface area contributed by atoms with E-state index in [0.717, 1.165) is 29.7 Å². The van der Waals surface area contributed by atoms with Gasteiger partial charge in [0.1, 0.15) is 6.54 Å². The maximum absolute atomic E-state index is 12.5. The largest absolute Gasteiger partial charge is 0.352 e. The average Bonchev–Trinajstić information content (AvgIpc) is 3.09. The Balaban J connectivity index is 1.75. The Morgan fingerprint density at radius 1 is 1.25 bits per heavy atom. The molecule has 2 aliphatic carbocycles. The normalized spacial score (nSPS) is 25.7. The fourth-order valence-corrected chi connectivity index (χ4v) is 5.08. The van der Waals surface area contributed by atoms with E-state index >= 15 is 0 Å². The number of hydrogen-bond donors (Lipinski definition) is 1. The van der Waals surface area contributed by atoms with E-state index < -0.39 is 10.0 Å². The Kier molecular flexibility index (Phi) is 4.60. The van der Waals surface area contributed by atoms with E-state index in [0.29, 0.717) is 11.6 Å². The highest BCUT2D eigenvalue weighted by molar-refractivity contribution is 7.92. The minimum Gasteiger partial charge on any atom is -0.352 e. The summed E-state index contributed by atoms with van der Waals surface area (Å²) in [6.07, 6.45) is 5.85. The van der Waals surface area contributed by atoms with Crippen molar-refractivity contribution < 1.29 is 13.2 Å². The van der Waals surface area contributed by atoms with Gasteiger partial charge in [-0.1, -0.05) is 18.6 Å². The summed E-state index contributed by atoms with van der Waals surface area (Å²) < 4.78 is 25.7. The maximum atomic E-state index is 12.5. The van der Waals surface area contributed by atoms with Crippen LogP contribution in [0.4, 0.5) is 5.69 Å². The van der Waals surface area contributed by atoms with Gasteiger partial charge < -0.3 is 5.32 Å². The van der Waals surface area contributed by atoms with Crippen molar-refractivity contribution in [3.8, 4) is 0 Å². The number of amides is 1. The fraction of sp³-hybridized carbons (Fsp3) is 0.611. The second-order valence-corrected chi connectivity index (χ2v) is 9.32. The third-order valence-electron chi connectivity index (χ3n) is 5.41. The van der Waals surface area contributed by atoms with Crippen molar-refractivity contribution >= 4 is 21.6 Å².